The molecule has 0 spiro atoms. The van der Waals surface area contributed by atoms with E-state index in [1.54, 1.807) is 11.3 Å². The average Bonchev–Trinajstić information content (AvgIpc) is 3.33. The van der Waals surface area contributed by atoms with E-state index in [2.05, 4.69) is 48.4 Å². The summed E-state index contributed by atoms with van der Waals surface area (Å²) in [5, 5.41) is 16.9. The van der Waals surface area contributed by atoms with Crippen LogP contribution in [0.3, 0.4) is 0 Å². The molecule has 0 aliphatic heterocycles. The van der Waals surface area contributed by atoms with Crippen LogP contribution in [0.4, 0.5) is 16.6 Å². The summed E-state index contributed by atoms with van der Waals surface area (Å²) in [7, 11) is 0. The Balaban J connectivity index is 1.58. The van der Waals surface area contributed by atoms with Crippen molar-refractivity contribution in [2.45, 2.75) is 33.6 Å². The minimum atomic E-state index is 0.332. The molecule has 0 saturated heterocycles. The van der Waals surface area contributed by atoms with Crippen LogP contribution in [0, 0.1) is 13.8 Å². The summed E-state index contributed by atoms with van der Waals surface area (Å²) in [6.45, 7) is 8.15. The van der Waals surface area contributed by atoms with Crippen LogP contribution in [0.15, 0.2) is 41.8 Å². The lowest BCUT2D eigenvalue weighted by Gasteiger charge is -2.07. The Labute approximate surface area is 184 Å². The highest BCUT2D eigenvalue weighted by Crippen LogP contribution is 2.39. The van der Waals surface area contributed by atoms with E-state index in [1.165, 1.54) is 16.9 Å². The van der Waals surface area contributed by atoms with Crippen molar-refractivity contribution in [3.8, 4) is 26.9 Å². The molecular weight excluding hydrogens is 412 g/mol. The maximum atomic E-state index is 10.0. The fourth-order valence-electron chi connectivity index (χ4n) is 3.23. The molecule has 2 aromatic heterocycles. The number of nitrogens with two attached hydrogens (primary N) is 1. The minimum Gasteiger partial charge on any atom is -0.507 e. The first-order valence-electron chi connectivity index (χ1n) is 9.71. The molecule has 7 heteroatoms. The van der Waals surface area contributed by atoms with E-state index in [0.717, 1.165) is 43.1 Å². The zero-order chi connectivity index (χ0) is 21.4. The van der Waals surface area contributed by atoms with Gasteiger partial charge in [-0.25, -0.2) is 9.97 Å². The summed E-state index contributed by atoms with van der Waals surface area (Å²) in [6, 6.07) is 12.3. The number of nitrogens with one attached hydrogen (secondary N) is 1. The van der Waals surface area contributed by atoms with Crippen molar-refractivity contribution in [1.82, 2.24) is 9.97 Å². The van der Waals surface area contributed by atoms with Crippen LogP contribution in [-0.4, -0.2) is 15.1 Å². The molecule has 0 fully saturated rings. The summed E-state index contributed by atoms with van der Waals surface area (Å²) in [5.74, 6) is 1.31. The highest BCUT2D eigenvalue weighted by molar-refractivity contribution is 7.23. The molecule has 5 nitrogen and oxygen atoms in total. The maximum Gasteiger partial charge on any atom is 0.189 e. The Morgan fingerprint density at radius 3 is 2.33 bits per heavy atom. The molecule has 0 amide bonds. The molecule has 4 rings (SSSR count). The lowest BCUT2D eigenvalue weighted by molar-refractivity contribution is 0.467. The smallest absolute Gasteiger partial charge is 0.189 e. The summed E-state index contributed by atoms with van der Waals surface area (Å²) in [4.78, 5) is 10.1. The van der Waals surface area contributed by atoms with E-state index >= 15 is 0 Å². The second kappa shape index (κ2) is 8.08. The minimum absolute atomic E-state index is 0.332. The van der Waals surface area contributed by atoms with E-state index in [-0.39, 0.29) is 0 Å². The van der Waals surface area contributed by atoms with Gasteiger partial charge in [0.1, 0.15) is 21.5 Å². The highest BCUT2D eigenvalue weighted by Gasteiger charge is 2.16. The normalized spacial score (nSPS) is 11.2. The molecule has 4 aromatic rings. The van der Waals surface area contributed by atoms with Gasteiger partial charge in [0, 0.05) is 16.6 Å². The van der Waals surface area contributed by atoms with Crippen molar-refractivity contribution in [3.05, 3.63) is 58.5 Å². The topological polar surface area (TPSA) is 84.1 Å². The van der Waals surface area contributed by atoms with Crippen LogP contribution < -0.4 is 11.1 Å². The van der Waals surface area contributed by atoms with Crippen molar-refractivity contribution in [1.29, 1.82) is 0 Å². The van der Waals surface area contributed by atoms with E-state index in [0.29, 0.717) is 17.5 Å². The number of anilines is 3. The molecule has 2 aromatic carbocycles. The number of hydrogen-bond acceptors (Lipinski definition) is 7. The van der Waals surface area contributed by atoms with E-state index < -0.39 is 0 Å². The van der Waals surface area contributed by atoms with Gasteiger partial charge in [-0.3, -0.25) is 0 Å². The van der Waals surface area contributed by atoms with Crippen LogP contribution in [0.1, 0.15) is 36.5 Å². The van der Waals surface area contributed by atoms with Crippen molar-refractivity contribution in [2.24, 2.45) is 0 Å². The SMILES string of the molecule is Cc1cc(-c2csc(-c3sc(Nc4ccc(C(C)C)cc4)nc3N)n2)cc(C)c1O. The number of phenols is 1. The van der Waals surface area contributed by atoms with Crippen molar-refractivity contribution in [3.63, 3.8) is 0 Å². The fraction of sp³-hybridized carbons (Fsp3) is 0.217. The first kappa shape index (κ1) is 20.4. The van der Waals surface area contributed by atoms with Gasteiger partial charge in [-0.2, -0.15) is 0 Å². The first-order chi connectivity index (χ1) is 14.3. The zero-order valence-corrected chi connectivity index (χ0v) is 19.0. The monoisotopic (exact) mass is 436 g/mol. The number of benzene rings is 2. The molecular formula is C23H24N4OS2. The van der Waals surface area contributed by atoms with Crippen molar-refractivity contribution >= 4 is 39.3 Å². The molecule has 0 unspecified atom stereocenters. The molecule has 2 heterocycles. The molecule has 0 aliphatic carbocycles. The predicted octanol–water partition coefficient (Wildman–Crippen LogP) is 6.71. The van der Waals surface area contributed by atoms with Crippen LogP contribution in [0.2, 0.25) is 0 Å². The predicted molar refractivity (Wildman–Crippen MR) is 128 cm³/mol. The lowest BCUT2D eigenvalue weighted by Crippen LogP contribution is -1.92. The Morgan fingerprint density at radius 1 is 1.03 bits per heavy atom. The second-order valence-electron chi connectivity index (χ2n) is 7.63. The standard InChI is InChI=1S/C23H24N4OS2/c1-12(2)15-5-7-17(8-6-15)25-23-27-21(24)20(30-23)22-26-18(11-29-22)16-9-13(3)19(28)14(4)10-16/h5-12,28H,24H2,1-4H3,(H,25,27). The van der Waals surface area contributed by atoms with Crippen molar-refractivity contribution in [2.75, 3.05) is 11.1 Å². The number of aromatic nitrogens is 2. The summed E-state index contributed by atoms with van der Waals surface area (Å²) in [5.41, 5.74) is 12.0. The van der Waals surface area contributed by atoms with Crippen LogP contribution >= 0.6 is 22.7 Å². The zero-order valence-electron chi connectivity index (χ0n) is 17.4. The quantitative estimate of drug-likeness (QED) is 0.324. The Kier molecular flexibility index (Phi) is 5.49. The number of phenolic OH excluding ortho intramolecular Hbond substituents is 1. The number of hydrogen-bond donors (Lipinski definition) is 3. The van der Waals surface area contributed by atoms with Gasteiger partial charge in [0.15, 0.2) is 5.13 Å². The van der Waals surface area contributed by atoms with E-state index in [1.807, 2.05) is 31.4 Å². The Bertz CT molecular complexity index is 1170. The summed E-state index contributed by atoms with van der Waals surface area (Å²) < 4.78 is 0. The number of rotatable bonds is 5. The number of nitrogens with zero attached hydrogens (tertiary/aromatic N) is 2. The van der Waals surface area contributed by atoms with Crippen LogP contribution in [0.5, 0.6) is 5.75 Å². The van der Waals surface area contributed by atoms with Gasteiger partial charge < -0.3 is 16.2 Å². The van der Waals surface area contributed by atoms with Gasteiger partial charge in [0.05, 0.1) is 5.69 Å². The van der Waals surface area contributed by atoms with E-state index in [9.17, 15) is 5.11 Å². The lowest BCUT2D eigenvalue weighted by atomic mass is 10.0. The molecule has 0 bridgehead atoms. The summed E-state index contributed by atoms with van der Waals surface area (Å²) in [6.07, 6.45) is 0. The third-order valence-corrected chi connectivity index (χ3v) is 6.95. The molecule has 0 radical (unpaired) electrons. The average molecular weight is 437 g/mol. The number of aryl methyl sites for hydroxylation is 2. The Hall–Kier alpha value is -2.90. The molecule has 0 atom stereocenters. The second-order valence-corrected chi connectivity index (χ2v) is 9.49. The fourth-order valence-corrected chi connectivity index (χ4v) is 5.06. The molecule has 154 valence electrons. The maximum absolute atomic E-state index is 10.0. The van der Waals surface area contributed by atoms with E-state index in [4.69, 9.17) is 10.7 Å². The molecule has 4 N–H and O–H groups in total. The van der Waals surface area contributed by atoms with Crippen molar-refractivity contribution < 1.29 is 5.11 Å². The van der Waals surface area contributed by atoms with Gasteiger partial charge in [0.2, 0.25) is 0 Å². The van der Waals surface area contributed by atoms with Crippen LogP contribution in [0.25, 0.3) is 21.1 Å². The number of thiazole rings is 2. The number of nitrogen functional groups attached to an aromatic ring is 1. The first-order valence-corrected chi connectivity index (χ1v) is 11.4. The third kappa shape index (κ3) is 4.04. The number of aromatic hydroxyl groups is 1. The highest BCUT2D eigenvalue weighted by atomic mass is 32.1. The van der Waals surface area contributed by atoms with Gasteiger partial charge in [-0.15, -0.1) is 11.3 Å². The third-order valence-electron chi connectivity index (χ3n) is 4.97. The largest absolute Gasteiger partial charge is 0.507 e. The van der Waals surface area contributed by atoms with Crippen LogP contribution in [-0.2, 0) is 0 Å². The van der Waals surface area contributed by atoms with Gasteiger partial charge in [-0.1, -0.05) is 37.3 Å². The van der Waals surface area contributed by atoms with Gasteiger partial charge >= 0.3 is 0 Å². The Morgan fingerprint density at radius 2 is 1.70 bits per heavy atom. The molecule has 0 aliphatic rings. The van der Waals surface area contributed by atoms with Gasteiger partial charge in [-0.05, 0) is 60.7 Å². The molecule has 0 saturated carbocycles. The summed E-state index contributed by atoms with van der Waals surface area (Å²) >= 11 is 3.04. The van der Waals surface area contributed by atoms with Gasteiger partial charge in [0.25, 0.3) is 0 Å². The molecule has 30 heavy (non-hydrogen) atoms.